The Morgan fingerprint density at radius 1 is 1.27 bits per heavy atom. The first-order valence-corrected chi connectivity index (χ1v) is 8.10. The topological polar surface area (TPSA) is 117 Å². The van der Waals surface area contributed by atoms with E-state index < -0.39 is 36.0 Å². The highest BCUT2D eigenvalue weighted by Crippen LogP contribution is 2.20. The van der Waals surface area contributed by atoms with Gasteiger partial charge in [-0.25, -0.2) is 0 Å². The molecule has 8 nitrogen and oxygen atoms in total. The molecule has 0 saturated carbocycles. The van der Waals surface area contributed by atoms with Crippen molar-refractivity contribution in [3.05, 3.63) is 42.1 Å². The molecule has 1 aromatic heterocycles. The van der Waals surface area contributed by atoms with Crippen LogP contribution >= 0.6 is 0 Å². The van der Waals surface area contributed by atoms with Crippen LogP contribution in [0, 0.1) is 5.92 Å². The second-order valence-electron chi connectivity index (χ2n) is 6.05. The number of Topliss-reactive ketones (excluding diaryl/α,β-unsaturated/α-hetero) is 1. The number of likely N-dealkylation sites (tertiary alicyclic amines) is 1. The van der Waals surface area contributed by atoms with Crippen molar-refractivity contribution in [3.63, 3.8) is 0 Å². The number of ketones is 1. The predicted molar refractivity (Wildman–Crippen MR) is 90.9 cm³/mol. The third-order valence-electron chi connectivity index (χ3n) is 4.23. The molecule has 0 radical (unpaired) electrons. The number of pyridine rings is 1. The van der Waals surface area contributed by atoms with Crippen LogP contribution in [0.1, 0.15) is 12.0 Å². The van der Waals surface area contributed by atoms with E-state index in [0.717, 1.165) is 16.5 Å². The second-order valence-corrected chi connectivity index (χ2v) is 6.05. The molecule has 26 heavy (non-hydrogen) atoms. The van der Waals surface area contributed by atoms with Gasteiger partial charge in [0, 0.05) is 31.1 Å². The Balaban J connectivity index is 1.75. The number of nitrogens with zero attached hydrogens (tertiary/aromatic N) is 2. The third-order valence-corrected chi connectivity index (χ3v) is 4.23. The summed E-state index contributed by atoms with van der Waals surface area (Å²) in [5.74, 6) is -4.69. The van der Waals surface area contributed by atoms with E-state index in [4.69, 9.17) is 5.11 Å². The molecule has 1 atom stereocenters. The van der Waals surface area contributed by atoms with Crippen molar-refractivity contribution in [1.29, 1.82) is 0 Å². The molecule has 0 aliphatic carbocycles. The molecule has 1 aliphatic heterocycles. The molecule has 1 aliphatic rings. The van der Waals surface area contributed by atoms with Gasteiger partial charge in [-0.2, -0.15) is 0 Å². The van der Waals surface area contributed by atoms with Gasteiger partial charge in [-0.3, -0.25) is 24.2 Å². The quantitative estimate of drug-likeness (QED) is 0.748. The van der Waals surface area contributed by atoms with E-state index in [2.05, 4.69) is 10.3 Å². The first-order chi connectivity index (χ1) is 12.5. The summed E-state index contributed by atoms with van der Waals surface area (Å²) in [6, 6.07) is 9.39. The van der Waals surface area contributed by atoms with Gasteiger partial charge in [-0.15, -0.1) is 0 Å². The number of hydrogen-bond donors (Lipinski definition) is 2. The monoisotopic (exact) mass is 355 g/mol. The van der Waals surface area contributed by atoms with Gasteiger partial charge in [0.15, 0.2) is 11.7 Å². The Morgan fingerprint density at radius 3 is 2.85 bits per heavy atom. The van der Waals surface area contributed by atoms with Crippen molar-refractivity contribution >= 4 is 34.5 Å². The van der Waals surface area contributed by atoms with Crippen LogP contribution in [-0.2, 0) is 25.7 Å². The minimum atomic E-state index is -1.48. The van der Waals surface area contributed by atoms with E-state index in [1.807, 2.05) is 30.3 Å². The molecule has 2 N–H and O–H groups in total. The number of amides is 2. The van der Waals surface area contributed by atoms with Crippen LogP contribution in [0.15, 0.2) is 36.5 Å². The molecule has 3 rings (SSSR count). The Labute approximate surface area is 148 Å². The Morgan fingerprint density at radius 2 is 2.08 bits per heavy atom. The molecule has 2 aromatic rings. The van der Waals surface area contributed by atoms with Crippen LogP contribution < -0.4 is 5.32 Å². The summed E-state index contributed by atoms with van der Waals surface area (Å²) in [6.45, 7) is -0.159. The molecule has 134 valence electrons. The van der Waals surface area contributed by atoms with Crippen molar-refractivity contribution in [2.75, 3.05) is 13.1 Å². The van der Waals surface area contributed by atoms with Crippen LogP contribution in [-0.4, -0.2) is 51.6 Å². The van der Waals surface area contributed by atoms with Crippen LogP contribution in [0.5, 0.6) is 0 Å². The lowest BCUT2D eigenvalue weighted by Gasteiger charge is -2.30. The summed E-state index contributed by atoms with van der Waals surface area (Å²) in [4.78, 5) is 52.9. The molecule has 2 heterocycles. The maximum Gasteiger partial charge on any atom is 0.322 e. The van der Waals surface area contributed by atoms with Gasteiger partial charge in [-0.1, -0.05) is 18.2 Å². The van der Waals surface area contributed by atoms with Crippen molar-refractivity contribution < 1.29 is 24.3 Å². The van der Waals surface area contributed by atoms with Crippen molar-refractivity contribution in [3.8, 4) is 0 Å². The zero-order valence-corrected chi connectivity index (χ0v) is 13.8. The number of carbonyl (C=O) groups excluding carboxylic acids is 3. The highest BCUT2D eigenvalue weighted by Gasteiger charge is 2.40. The van der Waals surface area contributed by atoms with Gasteiger partial charge in [0.2, 0.25) is 11.8 Å². The van der Waals surface area contributed by atoms with E-state index in [1.165, 1.54) is 4.90 Å². The van der Waals surface area contributed by atoms with Crippen molar-refractivity contribution in [2.24, 2.45) is 5.92 Å². The highest BCUT2D eigenvalue weighted by molar-refractivity contribution is 6.19. The molecule has 0 spiro atoms. The number of carbonyl (C=O) groups is 4. The summed E-state index contributed by atoms with van der Waals surface area (Å²) in [5.41, 5.74) is 1.63. The van der Waals surface area contributed by atoms with E-state index >= 15 is 0 Å². The molecule has 2 amide bonds. The first-order valence-electron chi connectivity index (χ1n) is 8.10. The smallest absolute Gasteiger partial charge is 0.322 e. The highest BCUT2D eigenvalue weighted by atomic mass is 16.4. The number of carboxylic acids is 1. The maximum atomic E-state index is 12.6. The van der Waals surface area contributed by atoms with Crippen molar-refractivity contribution in [1.82, 2.24) is 15.2 Å². The zero-order chi connectivity index (χ0) is 18.7. The lowest BCUT2D eigenvalue weighted by molar-refractivity contribution is -0.152. The van der Waals surface area contributed by atoms with Crippen LogP contribution in [0.25, 0.3) is 10.9 Å². The fourth-order valence-corrected chi connectivity index (χ4v) is 2.93. The van der Waals surface area contributed by atoms with Gasteiger partial charge >= 0.3 is 5.97 Å². The molecule has 1 saturated heterocycles. The minimum absolute atomic E-state index is 0.0583. The van der Waals surface area contributed by atoms with E-state index in [9.17, 15) is 19.2 Å². The summed E-state index contributed by atoms with van der Waals surface area (Å²) in [5, 5.41) is 11.7. The summed E-state index contributed by atoms with van der Waals surface area (Å²) < 4.78 is 0. The fraction of sp³-hybridized carbons (Fsp3) is 0.278. The third kappa shape index (κ3) is 3.69. The zero-order valence-electron chi connectivity index (χ0n) is 13.8. The molecule has 1 aromatic carbocycles. The maximum absolute atomic E-state index is 12.6. The lowest BCUT2D eigenvalue weighted by Crippen LogP contribution is -2.52. The minimum Gasteiger partial charge on any atom is -0.480 e. The number of benzene rings is 1. The van der Waals surface area contributed by atoms with Crippen molar-refractivity contribution in [2.45, 2.75) is 13.0 Å². The standard InChI is InChI=1S/C18H17N3O5/c22-14-5-7-21(18(26)16(14)17(25)20-9-15(23)24)10-11-3-4-12-2-1-6-19-13(12)8-11/h1-4,6,8,16H,5,7,9-10H2,(H,20,25)(H,23,24). The van der Waals surface area contributed by atoms with E-state index in [-0.39, 0.29) is 19.5 Å². The fourth-order valence-electron chi connectivity index (χ4n) is 2.93. The molecular weight excluding hydrogens is 338 g/mol. The summed E-state index contributed by atoms with van der Waals surface area (Å²) >= 11 is 0. The van der Waals surface area contributed by atoms with E-state index in [0.29, 0.717) is 0 Å². The molecule has 1 unspecified atom stereocenters. The Bertz CT molecular complexity index is 895. The average molecular weight is 355 g/mol. The van der Waals surface area contributed by atoms with Gasteiger partial charge in [0.25, 0.3) is 0 Å². The number of carboxylic acid groups (broad SMARTS) is 1. The molecule has 1 fully saturated rings. The Kier molecular flexibility index (Phi) is 4.92. The summed E-state index contributed by atoms with van der Waals surface area (Å²) in [6.07, 6.45) is 1.74. The Hall–Kier alpha value is -3.29. The number of fused-ring (bicyclic) bond motifs is 1. The predicted octanol–water partition coefficient (Wildman–Crippen LogP) is 0.353. The average Bonchev–Trinajstić information content (AvgIpc) is 2.62. The van der Waals surface area contributed by atoms with Gasteiger partial charge in [0.1, 0.15) is 6.54 Å². The molecular formula is C18H17N3O5. The number of rotatable bonds is 5. The SMILES string of the molecule is O=C(O)CNC(=O)C1C(=O)CCN(Cc2ccc3cccnc3c2)C1=O. The number of nitrogens with one attached hydrogen (secondary N) is 1. The van der Waals surface area contributed by atoms with Crippen LogP contribution in [0.3, 0.4) is 0 Å². The van der Waals surface area contributed by atoms with Crippen LogP contribution in [0.2, 0.25) is 0 Å². The second kappa shape index (κ2) is 7.30. The number of aliphatic carboxylic acids is 1. The van der Waals surface area contributed by atoms with Gasteiger partial charge in [0.05, 0.1) is 5.52 Å². The normalized spacial score (nSPS) is 17.4. The van der Waals surface area contributed by atoms with Gasteiger partial charge in [-0.05, 0) is 17.7 Å². The first kappa shape index (κ1) is 17.5. The van der Waals surface area contributed by atoms with E-state index in [1.54, 1.807) is 6.20 Å². The number of piperidine rings is 1. The molecule has 8 heteroatoms. The summed E-state index contributed by atoms with van der Waals surface area (Å²) in [7, 11) is 0. The van der Waals surface area contributed by atoms with Gasteiger partial charge < -0.3 is 15.3 Å². The van der Waals surface area contributed by atoms with Crippen LogP contribution in [0.4, 0.5) is 0 Å². The largest absolute Gasteiger partial charge is 0.480 e. The lowest BCUT2D eigenvalue weighted by atomic mass is 9.94. The molecule has 0 bridgehead atoms. The number of aromatic nitrogens is 1. The number of hydrogen-bond acceptors (Lipinski definition) is 5.